The summed E-state index contributed by atoms with van der Waals surface area (Å²) in [5, 5.41) is 16.3. The third-order valence-electron chi connectivity index (χ3n) is 2.92. The monoisotopic (exact) mass is 301 g/mol. The van der Waals surface area contributed by atoms with Gasteiger partial charge in [0.2, 0.25) is 11.8 Å². The highest BCUT2D eigenvalue weighted by atomic mass is 16.4. The van der Waals surface area contributed by atoms with Crippen LogP contribution < -0.4 is 16.0 Å². The lowest BCUT2D eigenvalue weighted by Gasteiger charge is -2.24. The summed E-state index contributed by atoms with van der Waals surface area (Å²) in [4.78, 5) is 44.7. The van der Waals surface area contributed by atoms with Crippen LogP contribution in [0.4, 0.5) is 0 Å². The summed E-state index contributed by atoms with van der Waals surface area (Å²) in [5.41, 5.74) is 0. The van der Waals surface area contributed by atoms with Crippen LogP contribution in [0.25, 0.3) is 0 Å². The summed E-state index contributed by atoms with van der Waals surface area (Å²) in [5.74, 6) is -2.05. The van der Waals surface area contributed by atoms with Crippen LogP contribution in [0.5, 0.6) is 0 Å². The molecule has 0 radical (unpaired) electrons. The largest absolute Gasteiger partial charge is 0.481 e. The molecule has 0 aromatic carbocycles. The van der Waals surface area contributed by atoms with Crippen LogP contribution >= 0.6 is 0 Å². The van der Waals surface area contributed by atoms with Gasteiger partial charge in [-0.3, -0.25) is 14.4 Å². The van der Waals surface area contributed by atoms with Crippen LogP contribution in [0.3, 0.4) is 0 Å². The highest BCUT2D eigenvalue weighted by molar-refractivity contribution is 5.90. The van der Waals surface area contributed by atoms with E-state index in [1.807, 2.05) is 0 Å². The van der Waals surface area contributed by atoms with E-state index in [1.54, 1.807) is 20.9 Å². The lowest BCUT2D eigenvalue weighted by molar-refractivity contribution is -0.137. The normalized spacial score (nSPS) is 13.3. The molecule has 0 aliphatic heterocycles. The molecule has 0 aromatic rings. The molecular weight excluding hydrogens is 278 g/mol. The van der Waals surface area contributed by atoms with Gasteiger partial charge in [0.25, 0.3) is 0 Å². The first kappa shape index (κ1) is 19.0. The van der Waals surface area contributed by atoms with Gasteiger partial charge in [0.05, 0.1) is 12.6 Å². The second kappa shape index (κ2) is 9.87. The molecule has 0 bridgehead atoms. The minimum absolute atomic E-state index is 0.119. The van der Waals surface area contributed by atoms with E-state index in [9.17, 15) is 19.2 Å². The maximum absolute atomic E-state index is 12.1. The van der Waals surface area contributed by atoms with Gasteiger partial charge < -0.3 is 25.9 Å². The highest BCUT2D eigenvalue weighted by Gasteiger charge is 2.27. The Hall–Kier alpha value is -1.96. The number of carboxylic acid groups (broad SMARTS) is 1. The summed E-state index contributed by atoms with van der Waals surface area (Å²) >= 11 is 0. The SMILES string of the molecule is CNC(CCC(=O)O)C(=O)NC(C(=O)NCC=O)C(C)C. The molecule has 0 aromatic heterocycles. The molecular formula is C13H23N3O5. The zero-order valence-electron chi connectivity index (χ0n) is 12.5. The van der Waals surface area contributed by atoms with E-state index in [0.29, 0.717) is 6.29 Å². The van der Waals surface area contributed by atoms with Crippen molar-refractivity contribution in [1.82, 2.24) is 16.0 Å². The zero-order valence-corrected chi connectivity index (χ0v) is 12.5. The van der Waals surface area contributed by atoms with Gasteiger partial charge in [0.15, 0.2) is 0 Å². The fourth-order valence-corrected chi connectivity index (χ4v) is 1.72. The van der Waals surface area contributed by atoms with Gasteiger partial charge in [-0.25, -0.2) is 0 Å². The number of hydrogen-bond acceptors (Lipinski definition) is 5. The number of amides is 2. The van der Waals surface area contributed by atoms with Crippen molar-refractivity contribution in [1.29, 1.82) is 0 Å². The number of aliphatic carboxylic acids is 1. The third-order valence-corrected chi connectivity index (χ3v) is 2.92. The Morgan fingerprint density at radius 3 is 2.24 bits per heavy atom. The summed E-state index contributed by atoms with van der Waals surface area (Å²) < 4.78 is 0. The number of hydrogen-bond donors (Lipinski definition) is 4. The van der Waals surface area contributed by atoms with E-state index in [1.165, 1.54) is 0 Å². The van der Waals surface area contributed by atoms with Crippen molar-refractivity contribution in [3.05, 3.63) is 0 Å². The number of carboxylic acids is 1. The number of aldehydes is 1. The number of carbonyl (C=O) groups excluding carboxylic acids is 3. The standard InChI is InChI=1S/C13H23N3O5/c1-8(2)11(13(21)15-6-7-17)16-12(20)9(14-3)4-5-10(18)19/h7-9,11,14H,4-6H2,1-3H3,(H,15,21)(H,16,20)(H,18,19). The van der Waals surface area contributed by atoms with Gasteiger partial charge in [0, 0.05) is 6.42 Å². The second-order valence-electron chi connectivity index (χ2n) is 4.92. The van der Waals surface area contributed by atoms with Crippen LogP contribution in [-0.4, -0.2) is 54.9 Å². The summed E-state index contributed by atoms with van der Waals surface area (Å²) in [6, 6.07) is -1.47. The molecule has 4 N–H and O–H groups in total. The Kier molecular flexibility index (Phi) is 8.95. The van der Waals surface area contributed by atoms with Crippen molar-refractivity contribution >= 4 is 24.1 Å². The van der Waals surface area contributed by atoms with E-state index in [0.717, 1.165) is 0 Å². The van der Waals surface area contributed by atoms with Gasteiger partial charge >= 0.3 is 5.97 Å². The van der Waals surface area contributed by atoms with Gasteiger partial charge in [0.1, 0.15) is 12.3 Å². The lowest BCUT2D eigenvalue weighted by atomic mass is 10.0. The topological polar surface area (TPSA) is 125 Å². The van der Waals surface area contributed by atoms with E-state index in [-0.39, 0.29) is 25.3 Å². The van der Waals surface area contributed by atoms with Gasteiger partial charge in [-0.1, -0.05) is 13.8 Å². The summed E-state index contributed by atoms with van der Waals surface area (Å²) in [6.07, 6.45) is 0.529. The smallest absolute Gasteiger partial charge is 0.303 e. The Morgan fingerprint density at radius 1 is 1.19 bits per heavy atom. The number of likely N-dealkylation sites (N-methyl/N-ethyl adjacent to an activating group) is 1. The maximum atomic E-state index is 12.1. The van der Waals surface area contributed by atoms with Crippen LogP contribution in [0, 0.1) is 5.92 Å². The molecule has 0 heterocycles. The zero-order chi connectivity index (χ0) is 16.4. The molecule has 0 saturated carbocycles. The average molecular weight is 301 g/mol. The molecule has 8 heteroatoms. The van der Waals surface area contributed by atoms with Crippen molar-refractivity contribution < 1.29 is 24.3 Å². The van der Waals surface area contributed by atoms with E-state index in [2.05, 4.69) is 16.0 Å². The van der Waals surface area contributed by atoms with E-state index >= 15 is 0 Å². The van der Waals surface area contributed by atoms with Crippen molar-refractivity contribution in [3.63, 3.8) is 0 Å². The molecule has 0 aliphatic carbocycles. The first-order valence-corrected chi connectivity index (χ1v) is 6.74. The Bertz CT molecular complexity index is 384. The van der Waals surface area contributed by atoms with E-state index in [4.69, 9.17) is 5.11 Å². The number of carbonyl (C=O) groups is 4. The molecule has 2 unspecified atom stereocenters. The number of rotatable bonds is 10. The van der Waals surface area contributed by atoms with Crippen LogP contribution in [0.2, 0.25) is 0 Å². The first-order valence-electron chi connectivity index (χ1n) is 6.74. The fraction of sp³-hybridized carbons (Fsp3) is 0.692. The predicted octanol–water partition coefficient (Wildman–Crippen LogP) is -1.10. The molecule has 2 amide bonds. The summed E-state index contributed by atoms with van der Waals surface area (Å²) in [6.45, 7) is 3.40. The Morgan fingerprint density at radius 2 is 1.81 bits per heavy atom. The van der Waals surface area contributed by atoms with Gasteiger partial charge in [-0.05, 0) is 19.4 Å². The predicted molar refractivity (Wildman–Crippen MR) is 75.6 cm³/mol. The van der Waals surface area contributed by atoms with Crippen LogP contribution in [0.1, 0.15) is 26.7 Å². The Balaban J connectivity index is 4.66. The second-order valence-corrected chi connectivity index (χ2v) is 4.92. The van der Waals surface area contributed by atoms with Gasteiger partial charge in [-0.15, -0.1) is 0 Å². The molecule has 21 heavy (non-hydrogen) atoms. The molecule has 0 aliphatic rings. The minimum atomic E-state index is -0.993. The van der Waals surface area contributed by atoms with Crippen LogP contribution in [0.15, 0.2) is 0 Å². The molecule has 0 rings (SSSR count). The molecule has 8 nitrogen and oxygen atoms in total. The average Bonchev–Trinajstić information content (AvgIpc) is 2.42. The fourth-order valence-electron chi connectivity index (χ4n) is 1.72. The molecule has 120 valence electrons. The van der Waals surface area contributed by atoms with Crippen molar-refractivity contribution in [2.24, 2.45) is 5.92 Å². The van der Waals surface area contributed by atoms with Crippen molar-refractivity contribution in [2.45, 2.75) is 38.8 Å². The van der Waals surface area contributed by atoms with Crippen molar-refractivity contribution in [2.75, 3.05) is 13.6 Å². The van der Waals surface area contributed by atoms with Crippen molar-refractivity contribution in [3.8, 4) is 0 Å². The van der Waals surface area contributed by atoms with Gasteiger partial charge in [-0.2, -0.15) is 0 Å². The molecule has 0 spiro atoms. The minimum Gasteiger partial charge on any atom is -0.481 e. The molecule has 0 saturated heterocycles. The highest BCUT2D eigenvalue weighted by Crippen LogP contribution is 2.04. The number of nitrogens with one attached hydrogen (secondary N) is 3. The molecule has 0 fully saturated rings. The van der Waals surface area contributed by atoms with Crippen LogP contribution in [-0.2, 0) is 19.2 Å². The third kappa shape index (κ3) is 7.40. The van der Waals surface area contributed by atoms with E-state index < -0.39 is 29.9 Å². The summed E-state index contributed by atoms with van der Waals surface area (Å²) in [7, 11) is 1.54. The quantitative estimate of drug-likeness (QED) is 0.379. The Labute approximate surface area is 123 Å². The first-order chi connectivity index (χ1) is 9.83. The molecule has 2 atom stereocenters. The lowest BCUT2D eigenvalue weighted by Crippen LogP contribution is -2.54. The maximum Gasteiger partial charge on any atom is 0.303 e.